The van der Waals surface area contributed by atoms with Gasteiger partial charge >= 0.3 is 0 Å². The fourth-order valence-electron chi connectivity index (χ4n) is 3.32. The molecule has 0 fully saturated rings. The van der Waals surface area contributed by atoms with Crippen molar-refractivity contribution in [2.24, 2.45) is 0 Å². The summed E-state index contributed by atoms with van der Waals surface area (Å²) in [5.41, 5.74) is 1.73. The molecule has 3 heteroatoms. The second kappa shape index (κ2) is 8.93. The number of unbranched alkanes of at least 4 members (excludes halogenated alkanes) is 1. The highest BCUT2D eigenvalue weighted by atomic mass is 28.4. The van der Waals surface area contributed by atoms with E-state index in [0.29, 0.717) is 23.2 Å². The maximum atomic E-state index is 10.0. The number of hydrogen-bond acceptors (Lipinski definition) is 2. The van der Waals surface area contributed by atoms with Crippen LogP contribution in [0.2, 0.25) is 16.6 Å². The molecule has 0 aliphatic carbocycles. The van der Waals surface area contributed by atoms with Gasteiger partial charge in [0.05, 0.1) is 12.7 Å². The van der Waals surface area contributed by atoms with Gasteiger partial charge in [0.2, 0.25) is 0 Å². The van der Waals surface area contributed by atoms with Crippen LogP contribution in [0.25, 0.3) is 0 Å². The van der Waals surface area contributed by atoms with Gasteiger partial charge < -0.3 is 9.53 Å². The lowest BCUT2D eigenvalue weighted by Gasteiger charge is -2.42. The van der Waals surface area contributed by atoms with E-state index in [1.165, 1.54) is 0 Å². The molecule has 0 aliphatic rings. The zero-order valence-electron chi connectivity index (χ0n) is 13.8. The maximum Gasteiger partial charge on any atom is 0.200 e. The van der Waals surface area contributed by atoms with Crippen LogP contribution in [0.4, 0.5) is 0 Å². The standard InChI is InChI=1S/C16H34O2Si/c1-8-9-10-11-16(17)12-18-19(13(2)3,14(4)5)15(6)7/h8,13-17H,1,9-12H2,2-7H3/t16-/m0/s1. The average Bonchev–Trinajstić information content (AvgIpc) is 2.28. The molecule has 0 radical (unpaired) electrons. The molecule has 1 N–H and O–H groups in total. The van der Waals surface area contributed by atoms with Gasteiger partial charge in [-0.05, 0) is 35.9 Å². The van der Waals surface area contributed by atoms with Crippen LogP contribution in [0, 0.1) is 0 Å². The van der Waals surface area contributed by atoms with Crippen LogP contribution in [0.5, 0.6) is 0 Å². The van der Waals surface area contributed by atoms with Crippen molar-refractivity contribution < 1.29 is 9.53 Å². The molecule has 0 aromatic carbocycles. The summed E-state index contributed by atoms with van der Waals surface area (Å²) >= 11 is 0. The van der Waals surface area contributed by atoms with Crippen molar-refractivity contribution >= 4 is 8.32 Å². The summed E-state index contributed by atoms with van der Waals surface area (Å²) in [5.74, 6) is 0. The smallest absolute Gasteiger partial charge is 0.200 e. The lowest BCUT2D eigenvalue weighted by molar-refractivity contribution is 0.0891. The molecule has 1 atom stereocenters. The summed E-state index contributed by atoms with van der Waals surface area (Å²) in [4.78, 5) is 0. The SMILES string of the molecule is C=CCCC[C@H](O)CO[Si](C(C)C)(C(C)C)C(C)C. The molecular weight excluding hydrogens is 252 g/mol. The zero-order chi connectivity index (χ0) is 15.1. The van der Waals surface area contributed by atoms with E-state index in [2.05, 4.69) is 48.1 Å². The van der Waals surface area contributed by atoms with E-state index in [4.69, 9.17) is 4.43 Å². The van der Waals surface area contributed by atoms with Crippen LogP contribution in [-0.4, -0.2) is 26.1 Å². The highest BCUT2D eigenvalue weighted by Gasteiger charge is 2.45. The van der Waals surface area contributed by atoms with Crippen LogP contribution < -0.4 is 0 Å². The summed E-state index contributed by atoms with van der Waals surface area (Å²) in [6.07, 6.45) is 4.35. The first-order valence-corrected chi connectivity index (χ1v) is 9.85. The molecule has 0 aromatic rings. The normalized spacial score (nSPS) is 14.4. The Morgan fingerprint density at radius 3 is 1.89 bits per heavy atom. The van der Waals surface area contributed by atoms with Gasteiger partial charge in [0, 0.05) is 0 Å². The molecule has 0 spiro atoms. The Bertz CT molecular complexity index is 227. The zero-order valence-corrected chi connectivity index (χ0v) is 14.8. The minimum Gasteiger partial charge on any atom is -0.413 e. The minimum absolute atomic E-state index is 0.330. The van der Waals surface area contributed by atoms with Crippen molar-refractivity contribution in [3.63, 3.8) is 0 Å². The van der Waals surface area contributed by atoms with Gasteiger partial charge in [0.25, 0.3) is 0 Å². The number of hydrogen-bond donors (Lipinski definition) is 1. The summed E-state index contributed by atoms with van der Waals surface area (Å²) in [6.45, 7) is 17.8. The Morgan fingerprint density at radius 2 is 1.53 bits per heavy atom. The molecule has 0 aromatic heterocycles. The van der Waals surface area contributed by atoms with Crippen LogP contribution >= 0.6 is 0 Å². The highest BCUT2D eigenvalue weighted by molar-refractivity contribution is 6.77. The third-order valence-electron chi connectivity index (χ3n) is 4.18. The summed E-state index contributed by atoms with van der Waals surface area (Å²) in [5, 5.41) is 10.0. The lowest BCUT2D eigenvalue weighted by Crippen LogP contribution is -2.49. The van der Waals surface area contributed by atoms with Crippen LogP contribution in [0.15, 0.2) is 12.7 Å². The first kappa shape index (κ1) is 18.9. The van der Waals surface area contributed by atoms with Gasteiger partial charge in [0.15, 0.2) is 8.32 Å². The van der Waals surface area contributed by atoms with Crippen LogP contribution in [-0.2, 0) is 4.43 Å². The van der Waals surface area contributed by atoms with Gasteiger partial charge in [-0.1, -0.05) is 47.6 Å². The molecule has 0 rings (SSSR count). The average molecular weight is 287 g/mol. The Balaban J connectivity index is 4.54. The van der Waals surface area contributed by atoms with E-state index in [-0.39, 0.29) is 6.10 Å². The van der Waals surface area contributed by atoms with Crippen molar-refractivity contribution in [2.75, 3.05) is 6.61 Å². The Kier molecular flexibility index (Phi) is 8.87. The van der Waals surface area contributed by atoms with Crippen molar-refractivity contribution in [3.05, 3.63) is 12.7 Å². The highest BCUT2D eigenvalue weighted by Crippen LogP contribution is 2.42. The molecule has 114 valence electrons. The molecule has 0 amide bonds. The van der Waals surface area contributed by atoms with Gasteiger partial charge in [-0.3, -0.25) is 0 Å². The Labute approximate surface area is 121 Å². The summed E-state index contributed by atoms with van der Waals surface area (Å²) in [7, 11) is -1.82. The largest absolute Gasteiger partial charge is 0.413 e. The first-order chi connectivity index (χ1) is 8.78. The molecule has 0 bridgehead atoms. The van der Waals surface area contributed by atoms with Gasteiger partial charge in [-0.25, -0.2) is 0 Å². The molecule has 2 nitrogen and oxygen atoms in total. The Hall–Kier alpha value is -0.123. The first-order valence-electron chi connectivity index (χ1n) is 7.71. The van der Waals surface area contributed by atoms with E-state index in [0.717, 1.165) is 19.3 Å². The van der Waals surface area contributed by atoms with Crippen molar-refractivity contribution in [1.82, 2.24) is 0 Å². The molecule has 0 saturated carbocycles. The third kappa shape index (κ3) is 5.40. The van der Waals surface area contributed by atoms with E-state index in [1.807, 2.05) is 6.08 Å². The van der Waals surface area contributed by atoms with Crippen LogP contribution in [0.3, 0.4) is 0 Å². The number of aliphatic hydroxyl groups excluding tert-OH is 1. The molecule has 0 unspecified atom stereocenters. The maximum absolute atomic E-state index is 10.0. The predicted octanol–water partition coefficient (Wildman–Crippen LogP) is 4.90. The number of allylic oxidation sites excluding steroid dienone is 1. The molecular formula is C16H34O2Si. The number of aliphatic hydroxyl groups is 1. The fraction of sp³-hybridized carbons (Fsp3) is 0.875. The second-order valence-electron chi connectivity index (χ2n) is 6.50. The second-order valence-corrected chi connectivity index (χ2v) is 12.0. The minimum atomic E-state index is -1.82. The molecule has 0 aliphatic heterocycles. The predicted molar refractivity (Wildman–Crippen MR) is 87.1 cm³/mol. The van der Waals surface area contributed by atoms with E-state index in [9.17, 15) is 5.11 Å². The quantitative estimate of drug-likeness (QED) is 0.352. The topological polar surface area (TPSA) is 29.5 Å². The van der Waals surface area contributed by atoms with Gasteiger partial charge in [0.1, 0.15) is 0 Å². The number of rotatable bonds is 10. The summed E-state index contributed by atoms with van der Waals surface area (Å²) < 4.78 is 6.37. The Morgan fingerprint density at radius 1 is 1.05 bits per heavy atom. The van der Waals surface area contributed by atoms with Crippen molar-refractivity contribution in [1.29, 1.82) is 0 Å². The van der Waals surface area contributed by atoms with E-state index in [1.54, 1.807) is 0 Å². The van der Waals surface area contributed by atoms with Crippen LogP contribution in [0.1, 0.15) is 60.8 Å². The monoisotopic (exact) mass is 286 g/mol. The van der Waals surface area contributed by atoms with E-state index < -0.39 is 8.32 Å². The van der Waals surface area contributed by atoms with E-state index >= 15 is 0 Å². The molecule has 19 heavy (non-hydrogen) atoms. The molecule has 0 saturated heterocycles. The fourth-order valence-corrected chi connectivity index (χ4v) is 8.80. The lowest BCUT2D eigenvalue weighted by atomic mass is 10.2. The molecule has 0 heterocycles. The van der Waals surface area contributed by atoms with Crippen molar-refractivity contribution in [3.8, 4) is 0 Å². The van der Waals surface area contributed by atoms with Crippen molar-refractivity contribution in [2.45, 2.75) is 83.5 Å². The third-order valence-corrected chi connectivity index (χ3v) is 10.3. The van der Waals surface area contributed by atoms with Gasteiger partial charge in [-0.2, -0.15) is 0 Å². The van der Waals surface area contributed by atoms with Gasteiger partial charge in [-0.15, -0.1) is 6.58 Å². The summed E-state index contributed by atoms with van der Waals surface area (Å²) in [6, 6.07) is 0.